The van der Waals surface area contributed by atoms with Crippen LogP contribution in [0, 0.1) is 0 Å². The van der Waals surface area contributed by atoms with Crippen LogP contribution in [0.2, 0.25) is 0 Å². The number of hydrogen-bond donors (Lipinski definition) is 0. The van der Waals surface area contributed by atoms with E-state index in [4.69, 9.17) is 4.74 Å². The minimum atomic E-state index is 0.103. The van der Waals surface area contributed by atoms with Gasteiger partial charge in [0.2, 0.25) is 0 Å². The van der Waals surface area contributed by atoms with Gasteiger partial charge in [-0.3, -0.25) is 4.79 Å². The SMILES string of the molecule is COc1ccc(C2=C(C)C(C)=C(c3ccccc3)C2=O)cc1. The van der Waals surface area contributed by atoms with Crippen LogP contribution in [0.25, 0.3) is 11.1 Å². The van der Waals surface area contributed by atoms with Gasteiger partial charge in [-0.2, -0.15) is 0 Å². The monoisotopic (exact) mass is 290 g/mol. The first-order chi connectivity index (χ1) is 10.6. The van der Waals surface area contributed by atoms with Crippen LogP contribution in [0.5, 0.6) is 5.75 Å². The molecule has 0 aliphatic heterocycles. The highest BCUT2D eigenvalue weighted by Crippen LogP contribution is 2.40. The van der Waals surface area contributed by atoms with Crippen molar-refractivity contribution in [3.8, 4) is 5.75 Å². The van der Waals surface area contributed by atoms with Crippen LogP contribution in [-0.4, -0.2) is 12.9 Å². The van der Waals surface area contributed by atoms with E-state index < -0.39 is 0 Å². The second kappa shape index (κ2) is 5.64. The molecule has 0 heterocycles. The molecule has 2 aromatic carbocycles. The third-order valence-electron chi connectivity index (χ3n) is 4.21. The fraction of sp³-hybridized carbons (Fsp3) is 0.150. The average molecular weight is 290 g/mol. The van der Waals surface area contributed by atoms with Crippen molar-refractivity contribution in [3.63, 3.8) is 0 Å². The molecule has 22 heavy (non-hydrogen) atoms. The Morgan fingerprint density at radius 1 is 0.727 bits per heavy atom. The zero-order valence-corrected chi connectivity index (χ0v) is 13.0. The lowest BCUT2D eigenvalue weighted by Crippen LogP contribution is -2.01. The maximum atomic E-state index is 12.9. The highest BCUT2D eigenvalue weighted by atomic mass is 16.5. The van der Waals surface area contributed by atoms with Crippen LogP contribution in [0.3, 0.4) is 0 Å². The van der Waals surface area contributed by atoms with E-state index in [1.807, 2.05) is 68.4 Å². The van der Waals surface area contributed by atoms with Gasteiger partial charge >= 0.3 is 0 Å². The predicted octanol–water partition coefficient (Wildman–Crippen LogP) is 4.53. The lowest BCUT2D eigenvalue weighted by Gasteiger charge is -2.07. The fourth-order valence-electron chi connectivity index (χ4n) is 2.90. The molecule has 2 heteroatoms. The first kappa shape index (κ1) is 14.3. The Morgan fingerprint density at radius 2 is 1.23 bits per heavy atom. The molecule has 2 aromatic rings. The molecule has 0 saturated heterocycles. The van der Waals surface area contributed by atoms with Gasteiger partial charge < -0.3 is 4.74 Å². The van der Waals surface area contributed by atoms with Crippen molar-refractivity contribution in [2.75, 3.05) is 7.11 Å². The number of ether oxygens (including phenoxy) is 1. The largest absolute Gasteiger partial charge is 0.497 e. The quantitative estimate of drug-likeness (QED) is 0.830. The Hall–Kier alpha value is -2.61. The molecule has 2 nitrogen and oxygen atoms in total. The van der Waals surface area contributed by atoms with E-state index in [0.29, 0.717) is 0 Å². The number of benzene rings is 2. The maximum Gasteiger partial charge on any atom is 0.194 e. The number of hydrogen-bond acceptors (Lipinski definition) is 2. The molecular weight excluding hydrogens is 272 g/mol. The fourth-order valence-corrected chi connectivity index (χ4v) is 2.90. The molecule has 0 saturated carbocycles. The van der Waals surface area contributed by atoms with Crippen molar-refractivity contribution < 1.29 is 9.53 Å². The van der Waals surface area contributed by atoms with Crippen LogP contribution >= 0.6 is 0 Å². The first-order valence-corrected chi connectivity index (χ1v) is 7.30. The van der Waals surface area contributed by atoms with Crippen molar-refractivity contribution in [2.45, 2.75) is 13.8 Å². The van der Waals surface area contributed by atoms with E-state index in [1.165, 1.54) is 0 Å². The number of carbonyl (C=O) groups excluding carboxylic acids is 1. The van der Waals surface area contributed by atoms with Gasteiger partial charge in [0.1, 0.15) is 5.75 Å². The van der Waals surface area contributed by atoms with Gasteiger partial charge in [0.25, 0.3) is 0 Å². The molecular formula is C20H18O2. The predicted molar refractivity (Wildman–Crippen MR) is 89.6 cm³/mol. The topological polar surface area (TPSA) is 26.3 Å². The molecule has 0 amide bonds. The summed E-state index contributed by atoms with van der Waals surface area (Å²) in [5, 5.41) is 0. The molecule has 0 radical (unpaired) electrons. The van der Waals surface area contributed by atoms with Gasteiger partial charge in [0.05, 0.1) is 7.11 Å². The summed E-state index contributed by atoms with van der Waals surface area (Å²) in [5.41, 5.74) is 5.63. The third-order valence-corrected chi connectivity index (χ3v) is 4.21. The number of Topliss-reactive ketones (excluding diaryl/α,β-unsaturated/α-hetero) is 1. The van der Waals surface area contributed by atoms with Gasteiger partial charge in [-0.15, -0.1) is 0 Å². The Morgan fingerprint density at radius 3 is 1.73 bits per heavy atom. The summed E-state index contributed by atoms with van der Waals surface area (Å²) in [6.45, 7) is 4.04. The van der Waals surface area contributed by atoms with Crippen LogP contribution in [-0.2, 0) is 4.79 Å². The minimum Gasteiger partial charge on any atom is -0.497 e. The van der Waals surface area contributed by atoms with Crippen molar-refractivity contribution >= 4 is 16.9 Å². The molecule has 110 valence electrons. The number of ketones is 1. The lowest BCUT2D eigenvalue weighted by molar-refractivity contribution is -0.108. The van der Waals surface area contributed by atoms with E-state index in [9.17, 15) is 4.79 Å². The molecule has 0 fully saturated rings. The zero-order chi connectivity index (χ0) is 15.7. The van der Waals surface area contributed by atoms with E-state index in [1.54, 1.807) is 7.11 Å². The Labute approximate surface area is 130 Å². The minimum absolute atomic E-state index is 0.103. The zero-order valence-electron chi connectivity index (χ0n) is 13.0. The smallest absolute Gasteiger partial charge is 0.194 e. The molecule has 1 aliphatic carbocycles. The number of carbonyl (C=O) groups is 1. The van der Waals surface area contributed by atoms with Crippen LogP contribution < -0.4 is 4.74 Å². The molecule has 0 unspecified atom stereocenters. The molecule has 0 aromatic heterocycles. The molecule has 1 aliphatic rings. The highest BCUT2D eigenvalue weighted by molar-refractivity contribution is 6.46. The van der Waals surface area contributed by atoms with Gasteiger partial charge in [-0.1, -0.05) is 42.5 Å². The van der Waals surface area contributed by atoms with Crippen LogP contribution in [0.1, 0.15) is 25.0 Å². The van der Waals surface area contributed by atoms with Crippen molar-refractivity contribution in [3.05, 3.63) is 76.9 Å². The Balaban J connectivity index is 2.04. The summed E-state index contributed by atoms with van der Waals surface area (Å²) in [7, 11) is 1.64. The van der Waals surface area contributed by atoms with Gasteiger partial charge in [-0.25, -0.2) is 0 Å². The average Bonchev–Trinajstić information content (AvgIpc) is 2.78. The standard InChI is InChI=1S/C20H18O2/c1-13-14(2)19(16-9-11-17(22-3)12-10-16)20(21)18(13)15-7-5-4-6-8-15/h4-12H,1-3H3. The van der Waals surface area contributed by atoms with Crippen LogP contribution in [0.15, 0.2) is 65.7 Å². The molecule has 3 rings (SSSR count). The van der Waals surface area contributed by atoms with Gasteiger partial charge in [0.15, 0.2) is 5.78 Å². The summed E-state index contributed by atoms with van der Waals surface area (Å²) >= 11 is 0. The number of rotatable bonds is 3. The summed E-state index contributed by atoms with van der Waals surface area (Å²) in [6.07, 6.45) is 0. The molecule has 0 bridgehead atoms. The van der Waals surface area contributed by atoms with E-state index in [0.717, 1.165) is 39.2 Å². The summed E-state index contributed by atoms with van der Waals surface area (Å²) in [6, 6.07) is 17.5. The maximum absolute atomic E-state index is 12.9. The third kappa shape index (κ3) is 2.27. The first-order valence-electron chi connectivity index (χ1n) is 7.30. The van der Waals surface area contributed by atoms with E-state index in [-0.39, 0.29) is 5.78 Å². The van der Waals surface area contributed by atoms with Crippen molar-refractivity contribution in [1.29, 1.82) is 0 Å². The second-order valence-electron chi connectivity index (χ2n) is 5.42. The summed E-state index contributed by atoms with van der Waals surface area (Å²) < 4.78 is 5.19. The van der Waals surface area contributed by atoms with Crippen molar-refractivity contribution in [1.82, 2.24) is 0 Å². The Kier molecular flexibility index (Phi) is 3.68. The summed E-state index contributed by atoms with van der Waals surface area (Å²) in [4.78, 5) is 12.9. The van der Waals surface area contributed by atoms with E-state index >= 15 is 0 Å². The van der Waals surface area contributed by atoms with Gasteiger partial charge in [0, 0.05) is 11.1 Å². The molecule has 0 atom stereocenters. The second-order valence-corrected chi connectivity index (χ2v) is 5.42. The highest BCUT2D eigenvalue weighted by Gasteiger charge is 2.29. The lowest BCUT2D eigenvalue weighted by atomic mass is 9.96. The van der Waals surface area contributed by atoms with Gasteiger partial charge in [-0.05, 0) is 48.3 Å². The Bertz CT molecular complexity index is 778. The number of allylic oxidation sites excluding steroid dienone is 4. The van der Waals surface area contributed by atoms with Crippen molar-refractivity contribution in [2.24, 2.45) is 0 Å². The number of methoxy groups -OCH3 is 1. The van der Waals surface area contributed by atoms with Crippen LogP contribution in [0.4, 0.5) is 0 Å². The normalized spacial score (nSPS) is 14.8. The molecule has 0 N–H and O–H groups in total. The van der Waals surface area contributed by atoms with E-state index in [2.05, 4.69) is 0 Å². The summed E-state index contributed by atoms with van der Waals surface area (Å²) in [5.74, 6) is 0.895. The molecule has 0 spiro atoms.